The third kappa shape index (κ3) is 3.62. The molecule has 3 nitrogen and oxygen atoms in total. The van der Waals surface area contributed by atoms with Crippen molar-refractivity contribution in [1.82, 2.24) is 4.90 Å². The molecule has 0 aliphatic carbocycles. The number of carbonyl (C=O) groups excluding carboxylic acids is 1. The van der Waals surface area contributed by atoms with Crippen molar-refractivity contribution in [3.05, 3.63) is 65.7 Å². The van der Waals surface area contributed by atoms with Gasteiger partial charge in [-0.1, -0.05) is 18.2 Å². The van der Waals surface area contributed by atoms with Crippen LogP contribution in [0.15, 0.2) is 48.5 Å². The van der Waals surface area contributed by atoms with Gasteiger partial charge >= 0.3 is 0 Å². The maximum atomic E-state index is 13.8. The number of hydrogen-bond donors (Lipinski definition) is 0. The summed E-state index contributed by atoms with van der Waals surface area (Å²) in [5, 5.41) is 0. The predicted molar refractivity (Wildman–Crippen MR) is 106 cm³/mol. The highest BCUT2D eigenvalue weighted by Crippen LogP contribution is 2.44. The molecule has 5 heteroatoms. The Balaban J connectivity index is 1.48. The molecule has 0 unspecified atom stereocenters. The molecule has 28 heavy (non-hydrogen) atoms. The number of hydrogen-bond acceptors (Lipinski definition) is 2. The van der Waals surface area contributed by atoms with Crippen LogP contribution in [0.5, 0.6) is 0 Å². The quantitative estimate of drug-likeness (QED) is 0.782. The molecular formula is C23H26F2N2O. The standard InChI is InChI=1S/C23H26F2N2O/c1-23(2)14-17-15-26(22(28)12-16-5-3-6-18(24)11-16)10-9-21(17)27(23)20-8-4-7-19(25)13-20/h3-8,11,13,17,21H,9-10,12,14-15H2,1-2H3/t17-,21+/m1/s1. The summed E-state index contributed by atoms with van der Waals surface area (Å²) in [6.07, 6.45) is 2.05. The molecular weight excluding hydrogens is 358 g/mol. The summed E-state index contributed by atoms with van der Waals surface area (Å²) >= 11 is 0. The van der Waals surface area contributed by atoms with Gasteiger partial charge in [0.1, 0.15) is 11.6 Å². The maximum absolute atomic E-state index is 13.8. The van der Waals surface area contributed by atoms with Gasteiger partial charge in [-0.3, -0.25) is 4.79 Å². The van der Waals surface area contributed by atoms with Crippen molar-refractivity contribution in [2.24, 2.45) is 5.92 Å². The SMILES string of the molecule is CC1(C)C[C@@H]2CN(C(=O)Cc3cccc(F)c3)CC[C@@H]2N1c1cccc(F)c1. The molecule has 0 radical (unpaired) electrons. The van der Waals surface area contributed by atoms with Crippen molar-refractivity contribution < 1.29 is 13.6 Å². The first-order chi connectivity index (χ1) is 13.3. The third-order valence-corrected chi connectivity index (χ3v) is 6.12. The number of likely N-dealkylation sites (tertiary alicyclic amines) is 1. The zero-order chi connectivity index (χ0) is 19.9. The minimum atomic E-state index is -0.313. The summed E-state index contributed by atoms with van der Waals surface area (Å²) in [4.78, 5) is 17.0. The molecule has 2 saturated heterocycles. The van der Waals surface area contributed by atoms with Crippen LogP contribution in [-0.2, 0) is 11.2 Å². The van der Waals surface area contributed by atoms with Gasteiger partial charge in [0, 0.05) is 30.4 Å². The first-order valence-corrected chi connectivity index (χ1v) is 9.91. The number of fused-ring (bicyclic) bond motifs is 1. The highest BCUT2D eigenvalue weighted by Gasteiger charge is 2.48. The van der Waals surface area contributed by atoms with E-state index in [1.807, 2.05) is 11.0 Å². The summed E-state index contributed by atoms with van der Waals surface area (Å²) < 4.78 is 27.2. The Morgan fingerprint density at radius 3 is 2.54 bits per heavy atom. The van der Waals surface area contributed by atoms with Crippen molar-refractivity contribution in [3.63, 3.8) is 0 Å². The molecule has 4 rings (SSSR count). The molecule has 2 aliphatic heterocycles. The second-order valence-corrected chi connectivity index (χ2v) is 8.63. The number of rotatable bonds is 3. The van der Waals surface area contributed by atoms with Crippen LogP contribution in [0.3, 0.4) is 0 Å². The van der Waals surface area contributed by atoms with Gasteiger partial charge in [-0.25, -0.2) is 8.78 Å². The Morgan fingerprint density at radius 1 is 1.11 bits per heavy atom. The van der Waals surface area contributed by atoms with E-state index in [0.717, 1.165) is 18.5 Å². The summed E-state index contributed by atoms with van der Waals surface area (Å²) in [5.41, 5.74) is 1.53. The molecule has 2 heterocycles. The summed E-state index contributed by atoms with van der Waals surface area (Å²) in [5.74, 6) is -0.138. The van der Waals surface area contributed by atoms with Crippen LogP contribution in [0.2, 0.25) is 0 Å². The van der Waals surface area contributed by atoms with Crippen LogP contribution >= 0.6 is 0 Å². The molecule has 0 bridgehead atoms. The zero-order valence-corrected chi connectivity index (χ0v) is 16.4. The van der Waals surface area contributed by atoms with E-state index < -0.39 is 0 Å². The van der Waals surface area contributed by atoms with Crippen LogP contribution in [0.25, 0.3) is 0 Å². The van der Waals surface area contributed by atoms with E-state index in [1.54, 1.807) is 24.3 Å². The van der Waals surface area contributed by atoms with Crippen molar-refractivity contribution in [1.29, 1.82) is 0 Å². The molecule has 0 aromatic heterocycles. The van der Waals surface area contributed by atoms with E-state index in [2.05, 4.69) is 18.7 Å². The van der Waals surface area contributed by atoms with Gasteiger partial charge in [-0.05, 0) is 68.5 Å². The van der Waals surface area contributed by atoms with E-state index in [1.165, 1.54) is 18.2 Å². The first kappa shape index (κ1) is 18.9. The Hall–Kier alpha value is -2.43. The second kappa shape index (κ2) is 7.19. The lowest BCUT2D eigenvalue weighted by molar-refractivity contribution is -0.132. The molecule has 2 fully saturated rings. The third-order valence-electron chi connectivity index (χ3n) is 6.12. The van der Waals surface area contributed by atoms with E-state index in [-0.39, 0.29) is 29.5 Å². The molecule has 2 aromatic rings. The van der Waals surface area contributed by atoms with E-state index in [0.29, 0.717) is 30.6 Å². The lowest BCUT2D eigenvalue weighted by Gasteiger charge is -2.42. The minimum absolute atomic E-state index is 0.0473. The number of anilines is 1. The largest absolute Gasteiger partial charge is 0.363 e. The van der Waals surface area contributed by atoms with Gasteiger partial charge in [0.15, 0.2) is 0 Å². The van der Waals surface area contributed by atoms with E-state index in [9.17, 15) is 13.6 Å². The van der Waals surface area contributed by atoms with Gasteiger partial charge in [0.2, 0.25) is 5.91 Å². The fourth-order valence-corrected chi connectivity index (χ4v) is 5.08. The number of carbonyl (C=O) groups is 1. The fourth-order valence-electron chi connectivity index (χ4n) is 5.08. The van der Waals surface area contributed by atoms with Crippen LogP contribution < -0.4 is 4.90 Å². The molecule has 2 atom stereocenters. The second-order valence-electron chi connectivity index (χ2n) is 8.63. The number of amides is 1. The van der Waals surface area contributed by atoms with Crippen LogP contribution in [0, 0.1) is 17.6 Å². The monoisotopic (exact) mass is 384 g/mol. The average molecular weight is 384 g/mol. The number of nitrogens with zero attached hydrogens (tertiary/aromatic N) is 2. The zero-order valence-electron chi connectivity index (χ0n) is 16.4. The van der Waals surface area contributed by atoms with Crippen molar-refractivity contribution in [2.45, 2.75) is 44.7 Å². The number of piperidine rings is 1. The van der Waals surface area contributed by atoms with Crippen molar-refractivity contribution >= 4 is 11.6 Å². The van der Waals surface area contributed by atoms with Gasteiger partial charge in [-0.15, -0.1) is 0 Å². The van der Waals surface area contributed by atoms with Crippen molar-refractivity contribution in [3.8, 4) is 0 Å². The Kier molecular flexibility index (Phi) is 4.86. The van der Waals surface area contributed by atoms with Crippen LogP contribution in [0.1, 0.15) is 32.3 Å². The Morgan fingerprint density at radius 2 is 1.82 bits per heavy atom. The lowest BCUT2D eigenvalue weighted by Crippen LogP contribution is -2.50. The van der Waals surface area contributed by atoms with E-state index in [4.69, 9.17) is 0 Å². The average Bonchev–Trinajstić information content (AvgIpc) is 2.90. The molecule has 1 amide bonds. The van der Waals surface area contributed by atoms with Crippen LogP contribution in [0.4, 0.5) is 14.5 Å². The lowest BCUT2D eigenvalue weighted by atomic mass is 9.89. The van der Waals surface area contributed by atoms with E-state index >= 15 is 0 Å². The highest BCUT2D eigenvalue weighted by molar-refractivity contribution is 5.79. The number of halogens is 2. The highest BCUT2D eigenvalue weighted by atomic mass is 19.1. The minimum Gasteiger partial charge on any atom is -0.363 e. The van der Waals surface area contributed by atoms with Gasteiger partial charge < -0.3 is 9.80 Å². The Bertz CT molecular complexity index is 882. The van der Waals surface area contributed by atoms with Crippen molar-refractivity contribution in [2.75, 3.05) is 18.0 Å². The molecule has 0 N–H and O–H groups in total. The van der Waals surface area contributed by atoms with Gasteiger partial charge in [0.05, 0.1) is 6.42 Å². The molecule has 0 saturated carbocycles. The summed E-state index contributed by atoms with van der Waals surface area (Å²) in [6, 6.07) is 13.3. The summed E-state index contributed by atoms with van der Waals surface area (Å²) in [6.45, 7) is 5.76. The van der Waals surface area contributed by atoms with Gasteiger partial charge in [-0.2, -0.15) is 0 Å². The maximum Gasteiger partial charge on any atom is 0.227 e. The topological polar surface area (TPSA) is 23.6 Å². The first-order valence-electron chi connectivity index (χ1n) is 9.91. The van der Waals surface area contributed by atoms with Gasteiger partial charge in [0.25, 0.3) is 0 Å². The smallest absolute Gasteiger partial charge is 0.227 e. The number of benzene rings is 2. The molecule has 0 spiro atoms. The Labute approximate surface area is 165 Å². The predicted octanol–water partition coefficient (Wildman–Crippen LogP) is 4.41. The molecule has 2 aliphatic rings. The fraction of sp³-hybridized carbons (Fsp3) is 0.435. The molecule has 148 valence electrons. The van der Waals surface area contributed by atoms with Crippen LogP contribution in [-0.4, -0.2) is 35.5 Å². The molecule has 2 aromatic carbocycles. The summed E-state index contributed by atoms with van der Waals surface area (Å²) in [7, 11) is 0. The normalized spacial score (nSPS) is 23.6.